The fraction of sp³-hybridized carbons (Fsp3) is 0. The van der Waals surface area contributed by atoms with Crippen molar-refractivity contribution in [1.82, 2.24) is 39.9 Å². The number of fused-ring (bicyclic) bond motifs is 20. The average molecular weight is 833 g/mol. The Balaban J connectivity index is 0.00000203. The molecule has 2 aliphatic rings. The molecule has 0 atom stereocenters. The number of nitrogens with one attached hydrogen (secondary N) is 2. The summed E-state index contributed by atoms with van der Waals surface area (Å²) in [6, 6.07) is 20.9. The van der Waals surface area contributed by atoms with Gasteiger partial charge in [0, 0.05) is 33.0 Å². The second-order valence-electron chi connectivity index (χ2n) is 11.4. The number of aromatic nitrogens is 8. The zero-order chi connectivity index (χ0) is 38.0. The molecule has 2 aliphatic heterocycles. The molecule has 0 amide bonds. The standard InChI is InChI=1S/C32H14N12O8.ClH.Rh/c45-41(46)21-19-20(22(42(47)48)24(44(51)52)23(21)43(49)50)32-39-30-18-12-6-4-10-16(18)28(37-30)35-26-14-8-2-1-7-13(14)25(33-26)34-27-15-9-3-5-11-17(15)29(36-27)38-31(19)40-32;;/h1-12H,(H2,33,34,35,36,37,38,39,40);1H;/q;;+3/p-1. The molecule has 54 heavy (non-hydrogen) atoms. The normalized spacial score (nSPS) is 11.4. The van der Waals surface area contributed by atoms with Crippen molar-refractivity contribution >= 4 is 76.6 Å². The van der Waals surface area contributed by atoms with Gasteiger partial charge in [-0.3, -0.25) is 40.5 Å². The van der Waals surface area contributed by atoms with Crippen molar-refractivity contribution < 1.29 is 37.0 Å². The van der Waals surface area contributed by atoms with Crippen molar-refractivity contribution in [3.63, 3.8) is 0 Å². The topological polar surface area (TPSA) is 281 Å². The first-order valence-electron chi connectivity index (χ1n) is 15.1. The summed E-state index contributed by atoms with van der Waals surface area (Å²) in [5.74, 6) is 0.187. The van der Waals surface area contributed by atoms with E-state index in [0.29, 0.717) is 44.3 Å². The van der Waals surface area contributed by atoms with Crippen molar-refractivity contribution in [3.05, 3.63) is 113 Å². The molecule has 22 heteroatoms. The zero-order valence-corrected chi connectivity index (χ0v) is 28.8. The van der Waals surface area contributed by atoms with Crippen LogP contribution in [0.25, 0.3) is 89.7 Å². The summed E-state index contributed by atoms with van der Waals surface area (Å²) in [7, 11) is 4.53. The first-order chi connectivity index (χ1) is 26.1. The van der Waals surface area contributed by atoms with Gasteiger partial charge in [-0.15, -0.1) is 0 Å². The van der Waals surface area contributed by atoms with Gasteiger partial charge in [-0.2, -0.15) is 0 Å². The third-order valence-electron chi connectivity index (χ3n) is 8.62. The van der Waals surface area contributed by atoms with Crippen molar-refractivity contribution in [2.75, 3.05) is 0 Å². The van der Waals surface area contributed by atoms with Gasteiger partial charge < -0.3 is 9.97 Å². The number of hydrogen-bond donors (Lipinski definition) is 2. The van der Waals surface area contributed by atoms with E-state index in [-0.39, 0.29) is 23.3 Å². The van der Waals surface area contributed by atoms with Gasteiger partial charge >= 0.3 is 49.8 Å². The van der Waals surface area contributed by atoms with Crippen molar-refractivity contribution in [2.24, 2.45) is 0 Å². The number of aromatic amines is 2. The Labute approximate surface area is 311 Å². The number of nitro groups is 4. The van der Waals surface area contributed by atoms with Crippen LogP contribution in [0, 0.1) is 40.5 Å². The first-order valence-corrected chi connectivity index (χ1v) is 17.3. The van der Waals surface area contributed by atoms with Crippen LogP contribution < -0.4 is 0 Å². The maximum absolute atomic E-state index is 12.6. The van der Waals surface area contributed by atoms with Crippen LogP contribution >= 0.6 is 9.69 Å². The molecule has 3 aromatic heterocycles. The number of benzene rings is 4. The summed E-state index contributed by atoms with van der Waals surface area (Å²) in [6.45, 7) is 0. The van der Waals surface area contributed by atoms with E-state index in [1.54, 1.807) is 48.5 Å². The molecule has 0 aliphatic carbocycles. The van der Waals surface area contributed by atoms with Crippen LogP contribution in [0.3, 0.4) is 0 Å². The Morgan fingerprint density at radius 1 is 0.426 bits per heavy atom. The van der Waals surface area contributed by atoms with Crippen LogP contribution in [-0.4, -0.2) is 59.6 Å². The Hall–Kier alpha value is -7.25. The summed E-state index contributed by atoms with van der Waals surface area (Å²) in [5, 5.41) is 49.7. The summed E-state index contributed by atoms with van der Waals surface area (Å²) in [4.78, 5) is 78.3. The molecule has 0 spiro atoms. The monoisotopic (exact) mass is 832 g/mol. The average Bonchev–Trinajstić information content (AvgIpc) is 3.90. The van der Waals surface area contributed by atoms with E-state index in [2.05, 4.69) is 39.6 Å². The number of nitro benzene ring substituents is 4. The van der Waals surface area contributed by atoms with Crippen LogP contribution in [0.4, 0.5) is 22.7 Å². The predicted octanol–water partition coefficient (Wildman–Crippen LogP) is 7.19. The minimum atomic E-state index is -1.70. The third-order valence-corrected chi connectivity index (χ3v) is 8.62. The Kier molecular flexibility index (Phi) is 8.00. The molecular weight excluding hydrogens is 819 g/mol. The van der Waals surface area contributed by atoms with Crippen LogP contribution in [0.5, 0.6) is 0 Å². The SMILES string of the molecule is O=[N+]([O-])c1c([N+](=O)[O-])c([N+](=O)[O-])c2c3nc4nc(nc5[nH]c(nc6nc(nc([nH]3)c2c1[N+](=O)[O-])-c1ccccc1-6)c1ccccc51)-c1ccccc1-4.[Cl][Rh+2]. The Morgan fingerprint density at radius 2 is 0.704 bits per heavy atom. The second-order valence-corrected chi connectivity index (χ2v) is 11.4. The maximum atomic E-state index is 12.6. The zero-order valence-electron chi connectivity index (χ0n) is 26.4. The van der Waals surface area contributed by atoms with E-state index >= 15 is 0 Å². The first kappa shape index (κ1) is 33.9. The fourth-order valence-electron chi connectivity index (χ4n) is 6.54. The van der Waals surface area contributed by atoms with E-state index in [1.807, 2.05) is 41.6 Å². The molecule has 20 nitrogen and oxygen atoms in total. The molecule has 264 valence electrons. The van der Waals surface area contributed by atoms with Gasteiger partial charge in [0.2, 0.25) is 0 Å². The molecule has 9 rings (SSSR count). The van der Waals surface area contributed by atoms with E-state index in [9.17, 15) is 40.5 Å². The van der Waals surface area contributed by atoms with E-state index in [0.717, 1.165) is 0 Å². The van der Waals surface area contributed by atoms with E-state index in [1.165, 1.54) is 0 Å². The van der Waals surface area contributed by atoms with Crippen LogP contribution in [0.15, 0.2) is 72.8 Å². The summed E-state index contributed by atoms with van der Waals surface area (Å²) in [6.07, 6.45) is 0. The van der Waals surface area contributed by atoms with Crippen molar-refractivity contribution in [2.45, 2.75) is 0 Å². The van der Waals surface area contributed by atoms with E-state index < -0.39 is 64.5 Å². The van der Waals surface area contributed by atoms with Crippen LogP contribution in [0.2, 0.25) is 0 Å². The molecule has 5 heterocycles. The van der Waals surface area contributed by atoms with E-state index in [4.69, 9.17) is 9.97 Å². The molecule has 4 aromatic carbocycles. The Bertz CT molecular complexity index is 2830. The summed E-state index contributed by atoms with van der Waals surface area (Å²) >= 11 is 2.02. The molecule has 0 saturated heterocycles. The quantitative estimate of drug-likeness (QED) is 0.101. The second kappa shape index (κ2) is 12.8. The van der Waals surface area contributed by atoms with Gasteiger partial charge in [0.15, 0.2) is 23.3 Å². The van der Waals surface area contributed by atoms with Gasteiger partial charge in [-0.05, 0) is 0 Å². The summed E-state index contributed by atoms with van der Waals surface area (Å²) < 4.78 is 0. The molecule has 0 unspecified atom stereocenters. The molecule has 7 aromatic rings. The molecule has 8 bridgehead atoms. The number of hydrogen-bond acceptors (Lipinski definition) is 14. The molecule has 0 saturated carbocycles. The van der Waals surface area contributed by atoms with Gasteiger partial charge in [-0.25, -0.2) is 29.9 Å². The third kappa shape index (κ3) is 5.09. The molecule has 0 radical (unpaired) electrons. The molecule has 2 N–H and O–H groups in total. The number of H-pyrrole nitrogens is 2. The van der Waals surface area contributed by atoms with Crippen LogP contribution in [0.1, 0.15) is 0 Å². The Morgan fingerprint density at radius 3 is 1.02 bits per heavy atom. The van der Waals surface area contributed by atoms with Gasteiger partial charge in [0.1, 0.15) is 33.4 Å². The number of rotatable bonds is 4. The van der Waals surface area contributed by atoms with Crippen molar-refractivity contribution in [3.8, 4) is 45.6 Å². The molecule has 0 fully saturated rings. The fourth-order valence-corrected chi connectivity index (χ4v) is 6.54. The van der Waals surface area contributed by atoms with Crippen molar-refractivity contribution in [1.29, 1.82) is 0 Å². The minimum absolute atomic E-state index is 0.0750. The molecular formula is C32H14ClN12O8Rh+2. The van der Waals surface area contributed by atoms with Gasteiger partial charge in [0.05, 0.1) is 19.7 Å². The van der Waals surface area contributed by atoms with Crippen LogP contribution in [-0.2, 0) is 17.3 Å². The van der Waals surface area contributed by atoms with Gasteiger partial charge in [0.25, 0.3) is 0 Å². The summed E-state index contributed by atoms with van der Waals surface area (Å²) in [5.41, 5.74) is -4.69. The number of nitrogens with zero attached hydrogens (tertiary/aromatic N) is 10. The predicted molar refractivity (Wildman–Crippen MR) is 189 cm³/mol. The number of halogens is 1. The van der Waals surface area contributed by atoms with Gasteiger partial charge in [-0.1, -0.05) is 72.8 Å².